The van der Waals surface area contributed by atoms with Crippen molar-refractivity contribution in [1.82, 2.24) is 10.2 Å². The van der Waals surface area contributed by atoms with Crippen molar-refractivity contribution in [2.75, 3.05) is 24.5 Å². The second-order valence-corrected chi connectivity index (χ2v) is 11.7. The molecule has 1 atom stereocenters. The van der Waals surface area contributed by atoms with E-state index >= 15 is 0 Å². The molecule has 0 bridgehead atoms. The number of unbranched alkanes of at least 4 members (excludes halogenated alkanes) is 1. The van der Waals surface area contributed by atoms with Gasteiger partial charge in [-0.25, -0.2) is 8.42 Å². The molecule has 3 aromatic rings. The van der Waals surface area contributed by atoms with Crippen molar-refractivity contribution in [2.45, 2.75) is 51.1 Å². The number of halogens is 1. The van der Waals surface area contributed by atoms with Crippen LogP contribution in [-0.2, 0) is 26.2 Å². The number of anilines is 1. The van der Waals surface area contributed by atoms with Crippen LogP contribution >= 0.6 is 11.6 Å². The summed E-state index contributed by atoms with van der Waals surface area (Å²) < 4.78 is 34.0. The van der Waals surface area contributed by atoms with E-state index in [4.69, 9.17) is 16.3 Å². The zero-order chi connectivity index (χ0) is 29.3. The minimum absolute atomic E-state index is 0.0297. The van der Waals surface area contributed by atoms with E-state index in [0.717, 1.165) is 22.7 Å². The van der Waals surface area contributed by atoms with E-state index in [1.807, 2.05) is 13.8 Å². The minimum Gasteiger partial charge on any atom is -0.497 e. The molecule has 0 aromatic heterocycles. The second kappa shape index (κ2) is 14.2. The molecule has 0 aliphatic carbocycles. The molecule has 214 valence electrons. The van der Waals surface area contributed by atoms with Crippen LogP contribution in [0.2, 0.25) is 5.02 Å². The molecule has 1 N–H and O–H groups in total. The number of rotatable bonds is 13. The number of ether oxygens (including phenoxy) is 1. The lowest BCUT2D eigenvalue weighted by Gasteiger charge is -2.32. The Morgan fingerprint density at radius 3 is 2.25 bits per heavy atom. The fraction of sp³-hybridized carbons (Fsp3) is 0.333. The molecule has 0 fully saturated rings. The third-order valence-corrected chi connectivity index (χ3v) is 8.70. The van der Waals surface area contributed by atoms with Crippen LogP contribution in [0, 0.1) is 6.92 Å². The van der Waals surface area contributed by atoms with Crippen molar-refractivity contribution in [1.29, 1.82) is 0 Å². The van der Waals surface area contributed by atoms with Crippen LogP contribution in [0.25, 0.3) is 0 Å². The van der Waals surface area contributed by atoms with Gasteiger partial charge in [0.25, 0.3) is 10.0 Å². The summed E-state index contributed by atoms with van der Waals surface area (Å²) in [5, 5.41) is 3.31. The smallest absolute Gasteiger partial charge is 0.264 e. The highest BCUT2D eigenvalue weighted by atomic mass is 35.5. The highest BCUT2D eigenvalue weighted by Crippen LogP contribution is 2.27. The molecule has 0 aliphatic rings. The predicted octanol–water partition coefficient (Wildman–Crippen LogP) is 5.19. The van der Waals surface area contributed by atoms with Crippen LogP contribution in [0.3, 0.4) is 0 Å². The maximum atomic E-state index is 13.9. The Labute approximate surface area is 241 Å². The van der Waals surface area contributed by atoms with Gasteiger partial charge in [-0.1, -0.05) is 60.8 Å². The first kappa shape index (κ1) is 31.0. The second-order valence-electron chi connectivity index (χ2n) is 9.46. The van der Waals surface area contributed by atoms with Gasteiger partial charge in [-0.2, -0.15) is 0 Å². The third-order valence-electron chi connectivity index (χ3n) is 6.54. The van der Waals surface area contributed by atoms with Gasteiger partial charge in [0, 0.05) is 18.1 Å². The van der Waals surface area contributed by atoms with Crippen molar-refractivity contribution < 1.29 is 22.7 Å². The standard InChI is InChI=1S/C30H36ClN3O5S/c1-5-6-19-32-30(36)23(3)33(20-24-9-7-8-10-28(24)31)29(35)21-34(25-13-15-26(39-4)16-14-25)40(37,38)27-17-11-22(2)12-18-27/h7-18,23H,5-6,19-21H2,1-4H3,(H,32,36). The summed E-state index contributed by atoms with van der Waals surface area (Å²) in [6.45, 7) is 5.49. The molecule has 40 heavy (non-hydrogen) atoms. The number of benzene rings is 3. The number of sulfonamides is 1. The molecule has 3 rings (SSSR count). The summed E-state index contributed by atoms with van der Waals surface area (Å²) in [5.41, 5.74) is 1.83. The van der Waals surface area contributed by atoms with Crippen LogP contribution in [0.4, 0.5) is 5.69 Å². The fourth-order valence-corrected chi connectivity index (χ4v) is 5.65. The highest BCUT2D eigenvalue weighted by Gasteiger charge is 2.32. The highest BCUT2D eigenvalue weighted by molar-refractivity contribution is 7.92. The van der Waals surface area contributed by atoms with Crippen LogP contribution in [0.5, 0.6) is 5.75 Å². The molecular formula is C30H36ClN3O5S. The molecular weight excluding hydrogens is 550 g/mol. The van der Waals surface area contributed by atoms with Crippen molar-refractivity contribution >= 4 is 39.1 Å². The minimum atomic E-state index is -4.15. The number of hydrogen-bond acceptors (Lipinski definition) is 5. The Morgan fingerprint density at radius 1 is 1.00 bits per heavy atom. The van der Waals surface area contributed by atoms with E-state index in [1.165, 1.54) is 24.1 Å². The van der Waals surface area contributed by atoms with Gasteiger partial charge in [-0.3, -0.25) is 13.9 Å². The Kier molecular flexibility index (Phi) is 11.0. The summed E-state index contributed by atoms with van der Waals surface area (Å²) in [5.74, 6) is -0.337. The lowest BCUT2D eigenvalue weighted by atomic mass is 10.1. The van der Waals surface area contributed by atoms with Crippen molar-refractivity contribution in [3.8, 4) is 5.75 Å². The maximum absolute atomic E-state index is 13.9. The van der Waals surface area contributed by atoms with E-state index in [0.29, 0.717) is 22.9 Å². The van der Waals surface area contributed by atoms with E-state index in [-0.39, 0.29) is 23.0 Å². The third kappa shape index (κ3) is 7.76. The summed E-state index contributed by atoms with van der Waals surface area (Å²) in [4.78, 5) is 28.4. The first-order valence-electron chi connectivity index (χ1n) is 13.1. The molecule has 10 heteroatoms. The number of aryl methyl sites for hydroxylation is 1. The molecule has 1 unspecified atom stereocenters. The number of hydrogen-bond donors (Lipinski definition) is 1. The van der Waals surface area contributed by atoms with Gasteiger partial charge in [0.2, 0.25) is 11.8 Å². The van der Waals surface area contributed by atoms with Crippen LogP contribution in [-0.4, -0.2) is 51.4 Å². The van der Waals surface area contributed by atoms with Gasteiger partial charge >= 0.3 is 0 Å². The monoisotopic (exact) mass is 585 g/mol. The molecule has 8 nitrogen and oxygen atoms in total. The molecule has 0 saturated heterocycles. The zero-order valence-electron chi connectivity index (χ0n) is 23.3. The van der Waals surface area contributed by atoms with Gasteiger partial charge in [0.1, 0.15) is 18.3 Å². The number of carbonyl (C=O) groups excluding carboxylic acids is 2. The number of carbonyl (C=O) groups is 2. The molecule has 3 aromatic carbocycles. The predicted molar refractivity (Wildman–Crippen MR) is 158 cm³/mol. The Hall–Kier alpha value is -3.56. The molecule has 0 saturated carbocycles. The molecule has 0 radical (unpaired) electrons. The molecule has 0 heterocycles. The molecule has 2 amide bonds. The fourth-order valence-electron chi connectivity index (χ4n) is 4.04. The van der Waals surface area contributed by atoms with Gasteiger partial charge in [-0.05, 0) is 68.3 Å². The van der Waals surface area contributed by atoms with Crippen molar-refractivity contribution in [3.05, 3.63) is 88.9 Å². The van der Waals surface area contributed by atoms with Crippen LogP contribution in [0.1, 0.15) is 37.8 Å². The SMILES string of the molecule is CCCCNC(=O)C(C)N(Cc1ccccc1Cl)C(=O)CN(c1ccc(OC)cc1)S(=O)(=O)c1ccc(C)cc1. The molecule has 0 spiro atoms. The van der Waals surface area contributed by atoms with Crippen LogP contribution < -0.4 is 14.4 Å². The number of amides is 2. The zero-order valence-corrected chi connectivity index (χ0v) is 24.8. The van der Waals surface area contributed by atoms with E-state index in [2.05, 4.69) is 5.32 Å². The van der Waals surface area contributed by atoms with E-state index in [9.17, 15) is 18.0 Å². The quantitative estimate of drug-likeness (QED) is 0.279. The first-order valence-corrected chi connectivity index (χ1v) is 14.9. The van der Waals surface area contributed by atoms with Gasteiger partial charge in [0.05, 0.1) is 17.7 Å². The van der Waals surface area contributed by atoms with E-state index in [1.54, 1.807) is 67.6 Å². The molecule has 0 aliphatic heterocycles. The summed E-state index contributed by atoms with van der Waals surface area (Å²) in [7, 11) is -2.63. The van der Waals surface area contributed by atoms with Gasteiger partial charge in [-0.15, -0.1) is 0 Å². The summed E-state index contributed by atoms with van der Waals surface area (Å²) >= 11 is 6.40. The Morgan fingerprint density at radius 2 is 1.65 bits per heavy atom. The Balaban J connectivity index is 2.01. The average Bonchev–Trinajstić information content (AvgIpc) is 2.95. The van der Waals surface area contributed by atoms with Crippen molar-refractivity contribution in [2.24, 2.45) is 0 Å². The number of methoxy groups -OCH3 is 1. The first-order chi connectivity index (χ1) is 19.1. The average molecular weight is 586 g/mol. The number of nitrogens with one attached hydrogen (secondary N) is 1. The topological polar surface area (TPSA) is 96.0 Å². The van der Waals surface area contributed by atoms with Gasteiger partial charge in [0.15, 0.2) is 0 Å². The normalized spacial score (nSPS) is 11.9. The lowest BCUT2D eigenvalue weighted by Crippen LogP contribution is -2.51. The summed E-state index contributed by atoms with van der Waals surface area (Å²) in [6.07, 6.45) is 1.71. The number of nitrogens with zero attached hydrogens (tertiary/aromatic N) is 2. The largest absolute Gasteiger partial charge is 0.497 e. The Bertz CT molecular complexity index is 1400. The van der Waals surface area contributed by atoms with Crippen molar-refractivity contribution in [3.63, 3.8) is 0 Å². The van der Waals surface area contributed by atoms with Gasteiger partial charge < -0.3 is 15.0 Å². The summed E-state index contributed by atoms with van der Waals surface area (Å²) in [6, 6.07) is 19.0. The van der Waals surface area contributed by atoms with E-state index < -0.39 is 28.5 Å². The lowest BCUT2D eigenvalue weighted by molar-refractivity contribution is -0.139. The van der Waals surface area contributed by atoms with Crippen LogP contribution in [0.15, 0.2) is 77.7 Å². The maximum Gasteiger partial charge on any atom is 0.264 e.